The Morgan fingerprint density at radius 3 is 1.06 bits per heavy atom. The summed E-state index contributed by atoms with van der Waals surface area (Å²) < 4.78 is 47.7. The average molecular weight is 326 g/mol. The van der Waals surface area contributed by atoms with Crippen molar-refractivity contribution < 1.29 is 46.0 Å². The lowest BCUT2D eigenvalue weighted by molar-refractivity contribution is 0.225. The Kier molecular flexibility index (Phi) is 13.5. The summed E-state index contributed by atoms with van der Waals surface area (Å²) in [5.41, 5.74) is 0. The molecule has 0 radical (unpaired) electrons. The molecular formula is H12N2O10P2S2. The fourth-order valence-corrected chi connectivity index (χ4v) is 1.25. The molecule has 0 aromatic heterocycles. The molecule has 0 aliphatic carbocycles. The van der Waals surface area contributed by atoms with E-state index in [0.717, 1.165) is 0 Å². The molecule has 0 amide bonds. The van der Waals surface area contributed by atoms with Crippen molar-refractivity contribution in [3.8, 4) is 0 Å². The Morgan fingerprint density at radius 2 is 1.06 bits per heavy atom. The predicted octanol–water partition coefficient (Wildman–Crippen LogP) is -0.769. The third-order valence-corrected chi connectivity index (χ3v) is 1.91. The second kappa shape index (κ2) is 8.52. The fourth-order valence-electron chi connectivity index (χ4n) is 0.139. The minimum Gasteiger partial charge on any atom is -0.344 e. The van der Waals surface area contributed by atoms with Crippen LogP contribution in [0.5, 0.6) is 0 Å². The zero-order chi connectivity index (χ0) is 12.2. The Hall–Kier alpha value is 0.440. The highest BCUT2D eigenvalue weighted by atomic mass is 33.1. The molecule has 16 heavy (non-hydrogen) atoms. The van der Waals surface area contributed by atoms with Gasteiger partial charge in [-0.3, -0.25) is 4.55 Å². The van der Waals surface area contributed by atoms with E-state index in [4.69, 9.17) is 32.5 Å². The van der Waals surface area contributed by atoms with E-state index in [-0.39, 0.29) is 12.3 Å². The largest absolute Gasteiger partial charge is 0.478 e. The predicted molar refractivity (Wildman–Crippen MR) is 55.8 cm³/mol. The van der Waals surface area contributed by atoms with Crippen molar-refractivity contribution in [1.82, 2.24) is 12.3 Å². The number of rotatable bonds is 2. The van der Waals surface area contributed by atoms with Crippen molar-refractivity contribution in [3.05, 3.63) is 0 Å². The highest BCUT2D eigenvalue weighted by Crippen LogP contribution is 2.53. The zero-order valence-electron chi connectivity index (χ0n) is 7.44. The molecule has 0 aromatic rings. The zero-order valence-corrected chi connectivity index (χ0v) is 10.9. The van der Waals surface area contributed by atoms with Gasteiger partial charge in [-0.15, -0.1) is 0 Å². The molecule has 0 aliphatic rings. The molecule has 0 saturated carbocycles. The topological polar surface area (TPSA) is 249 Å². The van der Waals surface area contributed by atoms with Crippen molar-refractivity contribution in [2.75, 3.05) is 0 Å². The van der Waals surface area contributed by atoms with Crippen LogP contribution in [-0.2, 0) is 22.6 Å². The van der Waals surface area contributed by atoms with E-state index in [1.807, 2.05) is 0 Å². The molecule has 0 heterocycles. The molecular weight excluding hydrogens is 314 g/mol. The third-order valence-electron chi connectivity index (χ3n) is 0.213. The van der Waals surface area contributed by atoms with Gasteiger partial charge in [0.2, 0.25) is 0 Å². The Balaban J connectivity index is -0.0000000904. The summed E-state index contributed by atoms with van der Waals surface area (Å²) in [7, 11) is -14.1. The van der Waals surface area contributed by atoms with E-state index in [0.29, 0.717) is 0 Å². The molecule has 104 valence electrons. The van der Waals surface area contributed by atoms with Crippen LogP contribution in [-0.4, -0.2) is 32.5 Å². The lowest BCUT2D eigenvalue weighted by Gasteiger charge is -2.03. The van der Waals surface area contributed by atoms with E-state index in [1.165, 1.54) is 0 Å². The van der Waals surface area contributed by atoms with Crippen molar-refractivity contribution in [2.24, 2.45) is 0 Å². The fraction of sp³-hybridized carbons (Fsp3) is 0. The highest BCUT2D eigenvalue weighted by molar-refractivity contribution is 8.61. The number of thiol groups is 1. The minimum atomic E-state index is -5.05. The maximum atomic E-state index is 9.63. The van der Waals surface area contributed by atoms with Gasteiger partial charge in [-0.1, -0.05) is 0 Å². The highest BCUT2D eigenvalue weighted by Gasteiger charge is 2.27. The van der Waals surface area contributed by atoms with Crippen LogP contribution in [0.1, 0.15) is 0 Å². The van der Waals surface area contributed by atoms with Crippen LogP contribution in [0.2, 0.25) is 0 Å². The molecule has 0 atom stereocenters. The number of hydrogen-bond donors (Lipinski definition) is 8. The summed E-state index contributed by atoms with van der Waals surface area (Å²) in [6.07, 6.45) is 0. The standard InChI is InChI=1S/2H3N.H4O7P2.H2O3S2/c;;1-8(2,3)7-9(4,5)6;1-5(2,3)4/h2*1H3;(H2,1,2,3)(H2,4,5,6);(H2,1,2,3,4). The average Bonchev–Trinajstić information content (AvgIpc) is 1.42. The molecule has 11 N–H and O–H groups in total. The van der Waals surface area contributed by atoms with Crippen LogP contribution < -0.4 is 12.3 Å². The quantitative estimate of drug-likeness (QED) is 0.135. The molecule has 0 fully saturated rings. The van der Waals surface area contributed by atoms with E-state index in [9.17, 15) is 9.13 Å². The smallest absolute Gasteiger partial charge is 0.344 e. The van der Waals surface area contributed by atoms with Crippen molar-refractivity contribution in [3.63, 3.8) is 0 Å². The van der Waals surface area contributed by atoms with Crippen molar-refractivity contribution in [1.29, 1.82) is 0 Å². The van der Waals surface area contributed by atoms with Crippen molar-refractivity contribution in [2.45, 2.75) is 0 Å². The molecule has 0 bridgehead atoms. The van der Waals surface area contributed by atoms with Crippen LogP contribution in [0.3, 0.4) is 0 Å². The summed E-state index contributed by atoms with van der Waals surface area (Å²) in [5.74, 6) is 0. The molecule has 12 nitrogen and oxygen atoms in total. The van der Waals surface area contributed by atoms with E-state index in [2.05, 4.69) is 16.0 Å². The van der Waals surface area contributed by atoms with Gasteiger partial charge in [-0.05, 0) is 11.7 Å². The number of phosphoric acid groups is 2. The third kappa shape index (κ3) is 62.9. The van der Waals surface area contributed by atoms with Crippen LogP contribution in [0.25, 0.3) is 0 Å². The molecule has 0 unspecified atom stereocenters. The van der Waals surface area contributed by atoms with Crippen molar-refractivity contribution >= 4 is 36.5 Å². The van der Waals surface area contributed by atoms with Gasteiger partial charge in [-0.25, -0.2) is 9.13 Å². The van der Waals surface area contributed by atoms with E-state index in [1.54, 1.807) is 0 Å². The van der Waals surface area contributed by atoms with Crippen LogP contribution in [0.15, 0.2) is 0 Å². The Morgan fingerprint density at radius 1 is 0.938 bits per heavy atom. The van der Waals surface area contributed by atoms with E-state index < -0.39 is 24.8 Å². The molecule has 16 heteroatoms. The lowest BCUT2D eigenvalue weighted by atomic mass is 14.0. The molecule has 0 saturated heterocycles. The summed E-state index contributed by atoms with van der Waals surface area (Å²) in [5, 5.41) is 0. The second-order valence-corrected chi connectivity index (χ2v) is 6.41. The second-order valence-electron chi connectivity index (χ2n) is 1.51. The molecule has 0 aliphatic heterocycles. The maximum Gasteiger partial charge on any atom is 0.478 e. The summed E-state index contributed by atoms with van der Waals surface area (Å²) in [4.78, 5) is 31.0. The van der Waals surface area contributed by atoms with Gasteiger partial charge < -0.3 is 31.9 Å². The normalized spacial score (nSPS) is 11.4. The maximum absolute atomic E-state index is 9.63. The first-order chi connectivity index (χ1) is 5.71. The number of hydrogen-bond acceptors (Lipinski definition) is 7. The summed E-state index contributed by atoms with van der Waals surface area (Å²) >= 11 is 2.65. The van der Waals surface area contributed by atoms with Crippen LogP contribution in [0, 0.1) is 0 Å². The lowest BCUT2D eigenvalue weighted by Crippen LogP contribution is -1.84. The molecule has 0 spiro atoms. The first kappa shape index (κ1) is 25.3. The van der Waals surface area contributed by atoms with Crippen LogP contribution >= 0.6 is 27.3 Å². The van der Waals surface area contributed by atoms with Gasteiger partial charge >= 0.3 is 24.8 Å². The monoisotopic (exact) mass is 326 g/mol. The van der Waals surface area contributed by atoms with Gasteiger partial charge in [-0.2, -0.15) is 12.7 Å². The Bertz CT molecular complexity index is 319. The van der Waals surface area contributed by atoms with Gasteiger partial charge in [0.1, 0.15) is 0 Å². The van der Waals surface area contributed by atoms with Gasteiger partial charge in [0.15, 0.2) is 0 Å². The first-order valence-corrected chi connectivity index (χ1v) is 7.78. The summed E-state index contributed by atoms with van der Waals surface area (Å²) in [6, 6.07) is 0. The van der Waals surface area contributed by atoms with Gasteiger partial charge in [0, 0.05) is 0 Å². The van der Waals surface area contributed by atoms with E-state index >= 15 is 0 Å². The Labute approximate surface area is 95.2 Å². The summed E-state index contributed by atoms with van der Waals surface area (Å²) in [6.45, 7) is 0. The molecule has 0 rings (SSSR count). The molecule has 0 aromatic carbocycles. The SMILES string of the molecule is N.N.O=P(O)(O)OP(=O)(O)O.O=S(=O)(O)S. The van der Waals surface area contributed by atoms with Crippen LogP contribution in [0.4, 0.5) is 0 Å². The first-order valence-electron chi connectivity index (χ1n) is 2.23. The van der Waals surface area contributed by atoms with Gasteiger partial charge in [0.25, 0.3) is 0 Å². The van der Waals surface area contributed by atoms with Gasteiger partial charge in [0.05, 0.1) is 0 Å². The minimum absolute atomic E-state index is 0.